The fraction of sp³-hybridized carbons (Fsp3) is 0.263. The quantitative estimate of drug-likeness (QED) is 0.829. The molecule has 0 spiro atoms. The predicted octanol–water partition coefficient (Wildman–Crippen LogP) is 3.73. The molecule has 0 fully saturated rings. The first-order valence-corrected chi connectivity index (χ1v) is 8.26. The molecule has 1 aromatic carbocycles. The van der Waals surface area contributed by atoms with Crippen molar-refractivity contribution in [2.75, 3.05) is 11.9 Å². The van der Waals surface area contributed by atoms with Gasteiger partial charge in [-0.15, -0.1) is 0 Å². The zero-order chi connectivity index (χ0) is 17.8. The molecule has 2 N–H and O–H groups in total. The number of hydrogen-bond donors (Lipinski definition) is 2. The van der Waals surface area contributed by atoms with Crippen molar-refractivity contribution in [2.45, 2.75) is 26.2 Å². The second-order valence-electron chi connectivity index (χ2n) is 5.58. The number of nitrogens with one attached hydrogen (secondary N) is 2. The van der Waals surface area contributed by atoms with Gasteiger partial charge >= 0.3 is 6.16 Å². The highest BCUT2D eigenvalue weighted by atomic mass is 16.7. The third kappa shape index (κ3) is 3.28. The summed E-state index contributed by atoms with van der Waals surface area (Å²) in [5.74, 6) is -0.0851. The van der Waals surface area contributed by atoms with E-state index in [-0.39, 0.29) is 12.2 Å². The molecule has 0 radical (unpaired) electrons. The van der Waals surface area contributed by atoms with Gasteiger partial charge in [0.1, 0.15) is 5.76 Å². The number of allylic oxidation sites excluding steroid dienone is 2. The molecule has 2 heterocycles. The number of aromatic amines is 1. The smallest absolute Gasteiger partial charge is 0.434 e. The molecule has 25 heavy (non-hydrogen) atoms. The summed E-state index contributed by atoms with van der Waals surface area (Å²) in [6, 6.07) is 11.3. The van der Waals surface area contributed by atoms with Crippen molar-refractivity contribution in [1.82, 2.24) is 4.98 Å². The largest absolute Gasteiger partial charge is 0.513 e. The van der Waals surface area contributed by atoms with Crippen molar-refractivity contribution in [1.29, 1.82) is 0 Å². The summed E-state index contributed by atoms with van der Waals surface area (Å²) in [4.78, 5) is 27.2. The van der Waals surface area contributed by atoms with E-state index in [0.29, 0.717) is 23.4 Å². The Morgan fingerprint density at radius 2 is 1.92 bits per heavy atom. The summed E-state index contributed by atoms with van der Waals surface area (Å²) in [7, 11) is 0. The summed E-state index contributed by atoms with van der Waals surface area (Å²) in [6.45, 7) is 3.88. The topological polar surface area (TPSA) is 80.4 Å². The lowest BCUT2D eigenvalue weighted by Gasteiger charge is -2.30. The Kier molecular flexibility index (Phi) is 4.88. The van der Waals surface area contributed by atoms with E-state index in [0.717, 1.165) is 11.3 Å². The van der Waals surface area contributed by atoms with Crippen LogP contribution in [0.3, 0.4) is 0 Å². The van der Waals surface area contributed by atoms with Gasteiger partial charge in [-0.3, -0.25) is 4.79 Å². The highest BCUT2D eigenvalue weighted by Crippen LogP contribution is 2.41. The molecule has 0 bridgehead atoms. The first kappa shape index (κ1) is 16.8. The number of aromatic nitrogens is 1. The van der Waals surface area contributed by atoms with Gasteiger partial charge in [0, 0.05) is 11.9 Å². The van der Waals surface area contributed by atoms with Crippen molar-refractivity contribution in [3.05, 3.63) is 75.5 Å². The van der Waals surface area contributed by atoms with E-state index in [4.69, 9.17) is 9.47 Å². The predicted molar refractivity (Wildman–Crippen MR) is 94.4 cm³/mol. The van der Waals surface area contributed by atoms with E-state index in [2.05, 4.69) is 10.3 Å². The Morgan fingerprint density at radius 1 is 1.16 bits per heavy atom. The Labute approximate surface area is 145 Å². The van der Waals surface area contributed by atoms with Crippen LogP contribution in [0.15, 0.2) is 58.8 Å². The molecule has 130 valence electrons. The van der Waals surface area contributed by atoms with Crippen LogP contribution < -0.4 is 10.9 Å². The van der Waals surface area contributed by atoms with Gasteiger partial charge in [-0.2, -0.15) is 0 Å². The number of ether oxygens (including phenoxy) is 2. The van der Waals surface area contributed by atoms with Gasteiger partial charge in [0.15, 0.2) is 0 Å². The number of pyridine rings is 1. The van der Waals surface area contributed by atoms with Crippen molar-refractivity contribution >= 4 is 11.8 Å². The molecule has 1 aromatic heterocycles. The molecule has 0 aliphatic carbocycles. The number of carbonyl (C=O) groups is 1. The number of fused-ring (bicyclic) bond motifs is 1. The summed E-state index contributed by atoms with van der Waals surface area (Å²) in [5.41, 5.74) is 2.63. The highest BCUT2D eigenvalue weighted by Gasteiger charge is 2.34. The Hall–Kier alpha value is -3.02. The summed E-state index contributed by atoms with van der Waals surface area (Å²) >= 11 is 0. The van der Waals surface area contributed by atoms with Gasteiger partial charge in [-0.05, 0) is 25.0 Å². The summed E-state index contributed by atoms with van der Waals surface area (Å²) < 4.78 is 10.4. The minimum Gasteiger partial charge on any atom is -0.434 e. The minimum atomic E-state index is -0.776. The third-order valence-electron chi connectivity index (χ3n) is 4.08. The van der Waals surface area contributed by atoms with Crippen LogP contribution in [0.2, 0.25) is 0 Å². The molecule has 3 rings (SSSR count). The van der Waals surface area contributed by atoms with Crippen molar-refractivity contribution in [2.24, 2.45) is 0 Å². The van der Waals surface area contributed by atoms with Gasteiger partial charge in [-0.1, -0.05) is 37.3 Å². The van der Waals surface area contributed by atoms with Crippen LogP contribution in [0.5, 0.6) is 0 Å². The van der Waals surface area contributed by atoms with E-state index in [1.165, 1.54) is 0 Å². The maximum Gasteiger partial charge on any atom is 0.513 e. The van der Waals surface area contributed by atoms with Gasteiger partial charge < -0.3 is 19.8 Å². The number of benzene rings is 1. The molecular weight excluding hydrogens is 320 g/mol. The van der Waals surface area contributed by atoms with Gasteiger partial charge in [0.05, 0.1) is 23.8 Å². The lowest BCUT2D eigenvalue weighted by molar-refractivity contribution is 0.0776. The molecule has 2 aromatic rings. The molecule has 1 unspecified atom stereocenters. The van der Waals surface area contributed by atoms with E-state index in [1.807, 2.05) is 43.3 Å². The Bertz CT molecular complexity index is 855. The maximum absolute atomic E-state index is 12.5. The SMILES string of the molecule is CCOC(=O)OC1=C(CC)Nc2cc[nH]c(=O)c2C1c1ccccc1. The van der Waals surface area contributed by atoms with Crippen LogP contribution in [0, 0.1) is 0 Å². The monoisotopic (exact) mass is 340 g/mol. The normalized spacial score (nSPS) is 16.0. The molecule has 0 saturated heterocycles. The lowest BCUT2D eigenvalue weighted by atomic mass is 9.85. The summed E-state index contributed by atoms with van der Waals surface area (Å²) in [6.07, 6.45) is 1.44. The zero-order valence-corrected chi connectivity index (χ0v) is 14.2. The summed E-state index contributed by atoms with van der Waals surface area (Å²) in [5, 5.41) is 3.21. The first-order valence-electron chi connectivity index (χ1n) is 8.26. The van der Waals surface area contributed by atoms with Crippen LogP contribution in [0.4, 0.5) is 10.5 Å². The van der Waals surface area contributed by atoms with Crippen LogP contribution in [0.1, 0.15) is 37.3 Å². The molecule has 1 atom stereocenters. The van der Waals surface area contributed by atoms with Crippen molar-refractivity contribution in [3.8, 4) is 0 Å². The van der Waals surface area contributed by atoms with Gasteiger partial charge in [0.25, 0.3) is 5.56 Å². The molecule has 1 aliphatic rings. The van der Waals surface area contributed by atoms with Crippen LogP contribution in [-0.2, 0) is 9.47 Å². The molecule has 6 heteroatoms. The van der Waals surface area contributed by atoms with E-state index < -0.39 is 12.1 Å². The first-order chi connectivity index (χ1) is 12.2. The zero-order valence-electron chi connectivity index (χ0n) is 14.2. The van der Waals surface area contributed by atoms with Crippen LogP contribution >= 0.6 is 0 Å². The Morgan fingerprint density at radius 3 is 2.60 bits per heavy atom. The van der Waals surface area contributed by atoms with Crippen LogP contribution in [-0.4, -0.2) is 17.7 Å². The fourth-order valence-electron chi connectivity index (χ4n) is 3.00. The number of anilines is 1. The molecule has 0 amide bonds. The van der Waals surface area contributed by atoms with E-state index in [9.17, 15) is 9.59 Å². The van der Waals surface area contributed by atoms with Crippen molar-refractivity contribution < 1.29 is 14.3 Å². The fourth-order valence-corrected chi connectivity index (χ4v) is 3.00. The Balaban J connectivity index is 2.17. The number of H-pyrrole nitrogens is 1. The third-order valence-corrected chi connectivity index (χ3v) is 4.08. The van der Waals surface area contributed by atoms with Crippen LogP contribution in [0.25, 0.3) is 0 Å². The average molecular weight is 340 g/mol. The number of rotatable bonds is 4. The van der Waals surface area contributed by atoms with Gasteiger partial charge in [0.2, 0.25) is 0 Å². The minimum absolute atomic E-state index is 0.216. The van der Waals surface area contributed by atoms with E-state index in [1.54, 1.807) is 13.1 Å². The standard InChI is InChI=1S/C19H20N2O4/c1-3-13-17(25-19(23)24-4-2)15(12-8-6-5-7-9-12)16-14(21-13)10-11-20-18(16)22/h5-11,15,21H,3-4H2,1-2H3,(H,20,22). The number of carbonyl (C=O) groups excluding carboxylic acids is 1. The number of hydrogen-bond acceptors (Lipinski definition) is 5. The molecular formula is C19H20N2O4. The molecule has 0 saturated carbocycles. The molecule has 1 aliphatic heterocycles. The van der Waals surface area contributed by atoms with Gasteiger partial charge in [-0.25, -0.2) is 4.79 Å². The molecule has 6 nitrogen and oxygen atoms in total. The van der Waals surface area contributed by atoms with Crippen molar-refractivity contribution in [3.63, 3.8) is 0 Å². The maximum atomic E-state index is 12.5. The van der Waals surface area contributed by atoms with E-state index >= 15 is 0 Å². The average Bonchev–Trinajstić information content (AvgIpc) is 2.62. The second kappa shape index (κ2) is 7.25. The second-order valence-corrected chi connectivity index (χ2v) is 5.58. The lowest BCUT2D eigenvalue weighted by Crippen LogP contribution is -2.28. The highest BCUT2D eigenvalue weighted by molar-refractivity contribution is 5.68.